The Morgan fingerprint density at radius 2 is 2.30 bits per heavy atom. The second kappa shape index (κ2) is 5.28. The molecular formula is C13H15ClN2O4. The van der Waals surface area contributed by atoms with Gasteiger partial charge >= 0.3 is 5.97 Å². The van der Waals surface area contributed by atoms with Gasteiger partial charge in [-0.25, -0.2) is 0 Å². The molecule has 7 heteroatoms. The van der Waals surface area contributed by atoms with Crippen LogP contribution in [0.15, 0.2) is 18.2 Å². The van der Waals surface area contributed by atoms with E-state index in [-0.39, 0.29) is 17.4 Å². The second-order valence-electron chi connectivity index (χ2n) is 5.23. The molecule has 0 radical (unpaired) electrons. The van der Waals surface area contributed by atoms with Crippen molar-refractivity contribution in [2.45, 2.75) is 32.2 Å². The Kier molecular flexibility index (Phi) is 3.85. The van der Waals surface area contributed by atoms with Crippen LogP contribution in [-0.4, -0.2) is 22.0 Å². The van der Waals surface area contributed by atoms with Crippen molar-refractivity contribution < 1.29 is 14.8 Å². The Bertz CT molecular complexity index is 563. The first-order chi connectivity index (χ1) is 9.34. The summed E-state index contributed by atoms with van der Waals surface area (Å²) in [5.74, 6) is -0.891. The maximum absolute atomic E-state index is 11.4. The van der Waals surface area contributed by atoms with Crippen LogP contribution in [-0.2, 0) is 4.79 Å². The first kappa shape index (κ1) is 14.6. The van der Waals surface area contributed by atoms with Gasteiger partial charge in [0, 0.05) is 17.1 Å². The molecule has 0 aliphatic heterocycles. The molecule has 0 bridgehead atoms. The molecule has 20 heavy (non-hydrogen) atoms. The first-order valence-electron chi connectivity index (χ1n) is 6.28. The van der Waals surface area contributed by atoms with Gasteiger partial charge in [-0.05, 0) is 31.9 Å². The third-order valence-electron chi connectivity index (χ3n) is 3.93. The molecule has 2 unspecified atom stereocenters. The van der Waals surface area contributed by atoms with E-state index in [0.717, 1.165) is 6.42 Å². The maximum atomic E-state index is 11.4. The summed E-state index contributed by atoms with van der Waals surface area (Å²) < 4.78 is 0. The monoisotopic (exact) mass is 298 g/mol. The van der Waals surface area contributed by atoms with E-state index in [2.05, 4.69) is 5.32 Å². The number of carbonyl (C=O) groups is 1. The summed E-state index contributed by atoms with van der Waals surface area (Å²) in [6, 6.07) is 3.87. The average Bonchev–Trinajstić information content (AvgIpc) is 2.72. The summed E-state index contributed by atoms with van der Waals surface area (Å²) in [5.41, 5.74) is -0.758. The highest BCUT2D eigenvalue weighted by Crippen LogP contribution is 2.41. The zero-order chi connectivity index (χ0) is 14.9. The fourth-order valence-corrected chi connectivity index (χ4v) is 2.80. The minimum atomic E-state index is -0.920. The van der Waals surface area contributed by atoms with Gasteiger partial charge in [0.1, 0.15) is 5.69 Å². The summed E-state index contributed by atoms with van der Waals surface area (Å²) in [6.07, 6.45) is 1.98. The van der Waals surface area contributed by atoms with Crippen molar-refractivity contribution in [2.75, 3.05) is 5.32 Å². The zero-order valence-corrected chi connectivity index (χ0v) is 11.7. The number of nitrogens with one attached hydrogen (secondary N) is 1. The number of nitrogens with zero attached hydrogens (tertiary/aromatic N) is 1. The predicted octanol–water partition coefficient (Wildman–Crippen LogP) is 3.30. The summed E-state index contributed by atoms with van der Waals surface area (Å²) in [6.45, 7) is 1.66. The van der Waals surface area contributed by atoms with Gasteiger partial charge in [0.25, 0.3) is 5.69 Å². The summed E-state index contributed by atoms with van der Waals surface area (Å²) in [4.78, 5) is 21.9. The number of carboxylic acid groups (broad SMARTS) is 1. The van der Waals surface area contributed by atoms with Crippen molar-refractivity contribution in [3.63, 3.8) is 0 Å². The number of aliphatic carboxylic acids is 1. The minimum Gasteiger partial charge on any atom is -0.481 e. The lowest BCUT2D eigenvalue weighted by atomic mass is 9.85. The molecule has 2 rings (SSSR count). The third-order valence-corrected chi connectivity index (χ3v) is 4.17. The number of hydrogen-bond donors (Lipinski definition) is 2. The Morgan fingerprint density at radius 1 is 1.60 bits per heavy atom. The molecular weight excluding hydrogens is 284 g/mol. The molecule has 0 saturated heterocycles. The number of benzene rings is 1. The van der Waals surface area contributed by atoms with E-state index in [9.17, 15) is 20.0 Å². The van der Waals surface area contributed by atoms with Crippen molar-refractivity contribution in [2.24, 2.45) is 5.41 Å². The fourth-order valence-electron chi connectivity index (χ4n) is 2.62. The van der Waals surface area contributed by atoms with Gasteiger partial charge < -0.3 is 10.4 Å². The molecule has 0 amide bonds. The van der Waals surface area contributed by atoms with Gasteiger partial charge in [-0.2, -0.15) is 0 Å². The first-order valence-corrected chi connectivity index (χ1v) is 6.66. The van der Waals surface area contributed by atoms with Gasteiger partial charge in [0.15, 0.2) is 0 Å². The Labute approximate surface area is 120 Å². The van der Waals surface area contributed by atoms with E-state index in [1.807, 2.05) is 0 Å². The van der Waals surface area contributed by atoms with Crippen molar-refractivity contribution in [1.82, 2.24) is 0 Å². The van der Waals surface area contributed by atoms with Crippen LogP contribution >= 0.6 is 11.6 Å². The molecule has 0 heterocycles. The van der Waals surface area contributed by atoms with E-state index in [0.29, 0.717) is 17.9 Å². The van der Waals surface area contributed by atoms with Crippen molar-refractivity contribution >= 4 is 28.9 Å². The van der Waals surface area contributed by atoms with Gasteiger partial charge in [-0.15, -0.1) is 0 Å². The van der Waals surface area contributed by atoms with E-state index in [1.165, 1.54) is 18.2 Å². The number of hydrogen-bond acceptors (Lipinski definition) is 4. The normalized spacial score (nSPS) is 25.4. The average molecular weight is 299 g/mol. The number of anilines is 1. The van der Waals surface area contributed by atoms with Crippen molar-refractivity contribution in [3.8, 4) is 0 Å². The van der Waals surface area contributed by atoms with Crippen molar-refractivity contribution in [3.05, 3.63) is 33.3 Å². The Balaban J connectivity index is 2.32. The molecule has 2 atom stereocenters. The number of rotatable bonds is 4. The lowest BCUT2D eigenvalue weighted by molar-refractivity contribution is -0.384. The highest BCUT2D eigenvalue weighted by atomic mass is 35.5. The van der Waals surface area contributed by atoms with E-state index in [4.69, 9.17) is 11.6 Å². The van der Waals surface area contributed by atoms with E-state index >= 15 is 0 Å². The van der Waals surface area contributed by atoms with Crippen molar-refractivity contribution in [1.29, 1.82) is 0 Å². The van der Waals surface area contributed by atoms with Gasteiger partial charge in [0.2, 0.25) is 0 Å². The van der Waals surface area contributed by atoms with Crippen LogP contribution in [0.5, 0.6) is 0 Å². The molecule has 6 nitrogen and oxygen atoms in total. The Hall–Kier alpha value is -1.82. The SMILES string of the molecule is CC1(C(=O)O)CCCC1Nc1cc(Cl)ccc1[N+](=O)[O-]. The van der Waals surface area contributed by atoms with Crippen LogP contribution in [0.25, 0.3) is 0 Å². The van der Waals surface area contributed by atoms with Crippen LogP contribution in [0.4, 0.5) is 11.4 Å². The number of halogens is 1. The molecule has 1 saturated carbocycles. The molecule has 0 aromatic heterocycles. The highest BCUT2D eigenvalue weighted by Gasteiger charge is 2.45. The Morgan fingerprint density at radius 3 is 2.90 bits per heavy atom. The molecule has 1 fully saturated rings. The molecule has 1 aliphatic carbocycles. The molecule has 1 aromatic rings. The third kappa shape index (κ3) is 2.56. The van der Waals surface area contributed by atoms with Crippen LogP contribution in [0.2, 0.25) is 5.02 Å². The minimum absolute atomic E-state index is 0.103. The maximum Gasteiger partial charge on any atom is 0.311 e. The van der Waals surface area contributed by atoms with Crippen LogP contribution in [0.1, 0.15) is 26.2 Å². The smallest absolute Gasteiger partial charge is 0.311 e. The van der Waals surface area contributed by atoms with E-state index < -0.39 is 16.3 Å². The predicted molar refractivity (Wildman–Crippen MR) is 75.1 cm³/mol. The zero-order valence-electron chi connectivity index (χ0n) is 10.9. The lowest BCUT2D eigenvalue weighted by Crippen LogP contribution is -2.40. The number of nitro groups is 1. The summed E-state index contributed by atoms with van der Waals surface area (Å²) >= 11 is 5.86. The van der Waals surface area contributed by atoms with Gasteiger partial charge in [-0.1, -0.05) is 18.0 Å². The van der Waals surface area contributed by atoms with Crippen LogP contribution in [0.3, 0.4) is 0 Å². The molecule has 1 aromatic carbocycles. The molecule has 0 spiro atoms. The quantitative estimate of drug-likeness (QED) is 0.657. The second-order valence-corrected chi connectivity index (χ2v) is 5.67. The van der Waals surface area contributed by atoms with Crippen LogP contribution < -0.4 is 5.32 Å². The lowest BCUT2D eigenvalue weighted by Gasteiger charge is -2.28. The summed E-state index contributed by atoms with van der Waals surface area (Å²) in [7, 11) is 0. The van der Waals surface area contributed by atoms with Gasteiger partial charge in [0.05, 0.1) is 10.3 Å². The molecule has 108 valence electrons. The molecule has 2 N–H and O–H groups in total. The molecule has 1 aliphatic rings. The number of carboxylic acids is 1. The summed E-state index contributed by atoms with van der Waals surface area (Å²) in [5, 5.41) is 23.7. The van der Waals surface area contributed by atoms with E-state index in [1.54, 1.807) is 6.92 Å². The van der Waals surface area contributed by atoms with Crippen LogP contribution in [0, 0.1) is 15.5 Å². The largest absolute Gasteiger partial charge is 0.481 e. The van der Waals surface area contributed by atoms with Gasteiger partial charge in [-0.3, -0.25) is 14.9 Å². The standard InChI is InChI=1S/C13H15ClN2O4/c1-13(12(17)18)6-2-3-11(13)15-9-7-8(14)4-5-10(9)16(19)20/h4-5,7,11,15H,2-3,6H2,1H3,(H,17,18). The topological polar surface area (TPSA) is 92.5 Å². The number of nitro benzene ring substituents is 1. The fraction of sp³-hybridized carbons (Fsp3) is 0.462. The highest BCUT2D eigenvalue weighted by molar-refractivity contribution is 6.31.